The number of esters is 3. The second-order valence-corrected chi connectivity index (χ2v) is 20.6. The van der Waals surface area contributed by atoms with Gasteiger partial charge in [-0.15, -0.1) is 0 Å². The molecule has 0 spiro atoms. The van der Waals surface area contributed by atoms with Crippen LogP contribution >= 0.6 is 0 Å². The molecule has 0 aromatic rings. The molecule has 1 unspecified atom stereocenters. The van der Waals surface area contributed by atoms with Crippen molar-refractivity contribution in [2.75, 3.05) is 13.2 Å². The van der Waals surface area contributed by atoms with Gasteiger partial charge in [-0.25, -0.2) is 0 Å². The number of unbranched alkanes of at least 4 members (excludes halogenated alkanes) is 37. The minimum absolute atomic E-state index is 0.0772. The van der Waals surface area contributed by atoms with Crippen molar-refractivity contribution < 1.29 is 28.6 Å². The Morgan fingerprint density at radius 2 is 0.557 bits per heavy atom. The van der Waals surface area contributed by atoms with E-state index in [-0.39, 0.29) is 31.1 Å². The lowest BCUT2D eigenvalue weighted by Crippen LogP contribution is -2.30. The SMILES string of the molecule is CC/C=C\C/C=C\C/C=C\CCCCCCCC(=O)OC(COC(=O)CCCCCCCC)COC(=O)CCCCCCCCCCCCCCCCCCCCC/C=C\CCCCCCCCCC. The molecule has 0 heterocycles. The molecule has 0 aromatic carbocycles. The fourth-order valence-corrected chi connectivity index (χ4v) is 8.98. The maximum atomic E-state index is 12.8. The van der Waals surface area contributed by atoms with E-state index in [0.29, 0.717) is 19.3 Å². The smallest absolute Gasteiger partial charge is 0.306 e. The molecule has 0 bridgehead atoms. The van der Waals surface area contributed by atoms with Gasteiger partial charge in [-0.2, -0.15) is 0 Å². The molecule has 0 radical (unpaired) electrons. The van der Waals surface area contributed by atoms with Crippen molar-refractivity contribution in [3.05, 3.63) is 48.6 Å². The second-order valence-electron chi connectivity index (χ2n) is 20.6. The molecule has 6 nitrogen and oxygen atoms in total. The number of hydrogen-bond acceptors (Lipinski definition) is 6. The van der Waals surface area contributed by atoms with E-state index in [4.69, 9.17) is 14.2 Å². The maximum absolute atomic E-state index is 12.8. The van der Waals surface area contributed by atoms with E-state index in [1.54, 1.807) is 0 Å². The first-order valence-corrected chi connectivity index (χ1v) is 30.6. The Balaban J connectivity index is 3.96. The number of carbonyl (C=O) groups excluding carboxylic acids is 3. The van der Waals surface area contributed by atoms with Gasteiger partial charge >= 0.3 is 17.9 Å². The Bertz CT molecular complexity index is 1220. The molecule has 0 saturated carbocycles. The maximum Gasteiger partial charge on any atom is 0.306 e. The fourth-order valence-electron chi connectivity index (χ4n) is 8.98. The van der Waals surface area contributed by atoms with Crippen molar-refractivity contribution in [1.82, 2.24) is 0 Å². The molecule has 6 heteroatoms. The molecule has 0 aliphatic heterocycles. The van der Waals surface area contributed by atoms with Crippen LogP contribution in [-0.2, 0) is 28.6 Å². The van der Waals surface area contributed by atoms with E-state index < -0.39 is 6.10 Å². The van der Waals surface area contributed by atoms with Crippen LogP contribution in [0.5, 0.6) is 0 Å². The van der Waals surface area contributed by atoms with Gasteiger partial charge < -0.3 is 14.2 Å². The molecule has 0 aliphatic carbocycles. The second kappa shape index (κ2) is 58.9. The third-order valence-electron chi connectivity index (χ3n) is 13.6. The van der Waals surface area contributed by atoms with Crippen molar-refractivity contribution >= 4 is 17.9 Å². The molecule has 0 amide bonds. The standard InChI is InChI=1S/C64H116O6/c1-4-7-10-13-16-18-20-22-24-25-26-27-28-29-30-31-32-33-34-35-36-37-38-39-41-42-44-46-48-51-54-57-63(66)69-60-61(59-68-62(65)56-53-50-15-12-9-6-3)70-64(67)58-55-52-49-47-45-43-40-23-21-19-17-14-11-8-5-2/h8,11,17,19,23,25-26,40,61H,4-7,9-10,12-16,18,20-22,24,27-39,41-60H2,1-3H3/b11-8-,19-17-,26-25-,40-23-. The lowest BCUT2D eigenvalue weighted by atomic mass is 10.0. The third kappa shape index (κ3) is 56.3. The largest absolute Gasteiger partial charge is 0.462 e. The van der Waals surface area contributed by atoms with Gasteiger partial charge in [0, 0.05) is 19.3 Å². The van der Waals surface area contributed by atoms with E-state index in [0.717, 1.165) is 96.3 Å². The number of hydrogen-bond donors (Lipinski definition) is 0. The Morgan fingerprint density at radius 3 is 0.886 bits per heavy atom. The summed E-state index contributed by atoms with van der Waals surface area (Å²) >= 11 is 0. The Kier molecular flexibility index (Phi) is 56.7. The number of allylic oxidation sites excluding steroid dienone is 8. The van der Waals surface area contributed by atoms with Crippen LogP contribution < -0.4 is 0 Å². The topological polar surface area (TPSA) is 78.9 Å². The van der Waals surface area contributed by atoms with Gasteiger partial charge in [-0.1, -0.05) is 275 Å². The Hall–Kier alpha value is -2.63. The van der Waals surface area contributed by atoms with Gasteiger partial charge in [0.25, 0.3) is 0 Å². The average molecular weight is 982 g/mol. The molecule has 0 saturated heterocycles. The highest BCUT2D eigenvalue weighted by Gasteiger charge is 2.19. The molecule has 0 rings (SSSR count). The number of rotatable bonds is 56. The van der Waals surface area contributed by atoms with Gasteiger partial charge in [0.05, 0.1) is 0 Å². The van der Waals surface area contributed by atoms with Crippen molar-refractivity contribution in [3.63, 3.8) is 0 Å². The minimum atomic E-state index is -0.777. The predicted octanol–water partition coefficient (Wildman–Crippen LogP) is 20.6. The van der Waals surface area contributed by atoms with Crippen LogP contribution in [-0.4, -0.2) is 37.2 Å². The highest BCUT2D eigenvalue weighted by molar-refractivity contribution is 5.71. The summed E-state index contributed by atoms with van der Waals surface area (Å²) in [5.41, 5.74) is 0. The van der Waals surface area contributed by atoms with Crippen LogP contribution in [0.2, 0.25) is 0 Å². The summed E-state index contributed by atoms with van der Waals surface area (Å²) in [5.74, 6) is -0.892. The van der Waals surface area contributed by atoms with Crippen molar-refractivity contribution in [2.24, 2.45) is 0 Å². The molecule has 0 aromatic heterocycles. The zero-order chi connectivity index (χ0) is 50.7. The third-order valence-corrected chi connectivity index (χ3v) is 13.6. The van der Waals surface area contributed by atoms with Gasteiger partial charge in [-0.3, -0.25) is 14.4 Å². The zero-order valence-corrected chi connectivity index (χ0v) is 46.8. The van der Waals surface area contributed by atoms with E-state index in [1.165, 1.54) is 186 Å². The van der Waals surface area contributed by atoms with Gasteiger partial charge in [-0.05, 0) is 77.0 Å². The quantitative estimate of drug-likeness (QED) is 0.0261. The molecular weight excluding hydrogens is 865 g/mol. The molecular formula is C64H116O6. The monoisotopic (exact) mass is 981 g/mol. The highest BCUT2D eigenvalue weighted by atomic mass is 16.6. The summed E-state index contributed by atoms with van der Waals surface area (Å²) in [6.45, 7) is 6.48. The van der Waals surface area contributed by atoms with E-state index >= 15 is 0 Å². The van der Waals surface area contributed by atoms with Crippen LogP contribution in [0, 0.1) is 0 Å². The first kappa shape index (κ1) is 67.4. The van der Waals surface area contributed by atoms with Crippen LogP contribution in [0.3, 0.4) is 0 Å². The van der Waals surface area contributed by atoms with Crippen molar-refractivity contribution in [1.29, 1.82) is 0 Å². The van der Waals surface area contributed by atoms with Crippen LogP contribution in [0.4, 0.5) is 0 Å². The Labute approximate surface area is 435 Å². The van der Waals surface area contributed by atoms with Crippen LogP contribution in [0.25, 0.3) is 0 Å². The summed E-state index contributed by atoms with van der Waals surface area (Å²) in [5, 5.41) is 0. The van der Waals surface area contributed by atoms with Crippen molar-refractivity contribution in [3.8, 4) is 0 Å². The van der Waals surface area contributed by atoms with E-state index in [2.05, 4.69) is 69.4 Å². The minimum Gasteiger partial charge on any atom is -0.462 e. The summed E-state index contributed by atoms with van der Waals surface area (Å²) in [4.78, 5) is 37.9. The Morgan fingerprint density at radius 1 is 0.300 bits per heavy atom. The van der Waals surface area contributed by atoms with Gasteiger partial charge in [0.2, 0.25) is 0 Å². The first-order chi connectivity index (χ1) is 34.5. The summed E-state index contributed by atoms with van der Waals surface area (Å²) < 4.78 is 16.7. The van der Waals surface area contributed by atoms with E-state index in [1.807, 2.05) is 0 Å². The van der Waals surface area contributed by atoms with E-state index in [9.17, 15) is 14.4 Å². The average Bonchev–Trinajstić information content (AvgIpc) is 3.36. The van der Waals surface area contributed by atoms with Gasteiger partial charge in [0.1, 0.15) is 13.2 Å². The summed E-state index contributed by atoms with van der Waals surface area (Å²) in [6, 6.07) is 0. The highest BCUT2D eigenvalue weighted by Crippen LogP contribution is 2.17. The van der Waals surface area contributed by atoms with Crippen LogP contribution in [0.15, 0.2) is 48.6 Å². The first-order valence-electron chi connectivity index (χ1n) is 30.6. The fraction of sp³-hybridized carbons (Fsp3) is 0.828. The molecule has 1 atom stereocenters. The lowest BCUT2D eigenvalue weighted by molar-refractivity contribution is -0.167. The number of ether oxygens (including phenoxy) is 3. The van der Waals surface area contributed by atoms with Crippen LogP contribution in [0.1, 0.15) is 323 Å². The molecule has 0 aliphatic rings. The molecule has 0 fully saturated rings. The predicted molar refractivity (Wildman–Crippen MR) is 302 cm³/mol. The van der Waals surface area contributed by atoms with Crippen molar-refractivity contribution in [2.45, 2.75) is 329 Å². The molecule has 70 heavy (non-hydrogen) atoms. The number of carbonyl (C=O) groups is 3. The van der Waals surface area contributed by atoms with Gasteiger partial charge in [0.15, 0.2) is 6.10 Å². The lowest BCUT2D eigenvalue weighted by Gasteiger charge is -2.18. The summed E-state index contributed by atoms with van der Waals surface area (Å²) in [7, 11) is 0. The normalized spacial score (nSPS) is 12.3. The molecule has 408 valence electrons. The zero-order valence-electron chi connectivity index (χ0n) is 46.8. The molecule has 0 N–H and O–H groups in total. The summed E-state index contributed by atoms with van der Waals surface area (Å²) in [6.07, 6.45) is 73.1.